The number of rotatable bonds is 8. The van der Waals surface area contributed by atoms with Crippen LogP contribution in [0.5, 0.6) is 11.5 Å². The molecule has 0 aliphatic heterocycles. The number of likely N-dealkylation sites (N-methyl/N-ethyl adjacent to an activating group) is 1. The maximum Gasteiger partial charge on any atom is 0.139 e. The summed E-state index contributed by atoms with van der Waals surface area (Å²) in [7, 11) is 3.67. The predicted molar refractivity (Wildman–Crippen MR) is 96.4 cm³/mol. The van der Waals surface area contributed by atoms with Gasteiger partial charge in [0.2, 0.25) is 0 Å². The quantitative estimate of drug-likeness (QED) is 0.749. The summed E-state index contributed by atoms with van der Waals surface area (Å²) in [6, 6.07) is 12.9. The van der Waals surface area contributed by atoms with Gasteiger partial charge in [0.05, 0.1) is 19.2 Å². The van der Waals surface area contributed by atoms with Gasteiger partial charge in [0, 0.05) is 16.7 Å². The van der Waals surface area contributed by atoms with E-state index in [1.807, 2.05) is 31.3 Å². The van der Waals surface area contributed by atoms with Crippen molar-refractivity contribution < 1.29 is 19.5 Å². The molecule has 2 aromatic carbocycles. The van der Waals surface area contributed by atoms with Crippen LogP contribution in [-0.4, -0.2) is 38.5 Å². The minimum atomic E-state index is -0.606. The average Bonchev–Trinajstić information content (AvgIpc) is 2.55. The van der Waals surface area contributed by atoms with Crippen LogP contribution < -0.4 is 14.4 Å². The minimum Gasteiger partial charge on any atom is -0.497 e. The summed E-state index contributed by atoms with van der Waals surface area (Å²) in [5.41, 5.74) is 1.15. The van der Waals surface area contributed by atoms with E-state index in [4.69, 9.17) is 32.7 Å². The molecule has 0 fully saturated rings. The Bertz CT molecular complexity index is 666. The van der Waals surface area contributed by atoms with Gasteiger partial charge >= 0.3 is 0 Å². The van der Waals surface area contributed by atoms with Gasteiger partial charge in [-0.2, -0.15) is 0 Å². The molecule has 24 heavy (non-hydrogen) atoms. The van der Waals surface area contributed by atoms with Crippen molar-refractivity contribution in [3.8, 4) is 11.5 Å². The van der Waals surface area contributed by atoms with Crippen molar-refractivity contribution in [2.45, 2.75) is 12.6 Å². The Balaban J connectivity index is 1.82. The minimum absolute atomic E-state index is 0.162. The largest absolute Gasteiger partial charge is 0.497 e. The molecule has 0 aromatic heterocycles. The normalized spacial score (nSPS) is 13.4. The molecule has 0 heterocycles. The lowest BCUT2D eigenvalue weighted by atomic mass is 10.2. The fourth-order valence-electron chi connectivity index (χ4n) is 2.44. The first-order valence-corrected chi connectivity index (χ1v) is 8.43. The first kappa shape index (κ1) is 18.9. The number of aliphatic hydroxyl groups excluding tert-OH is 1. The second-order valence-corrected chi connectivity index (χ2v) is 6.57. The summed E-state index contributed by atoms with van der Waals surface area (Å²) >= 11 is 12.0. The van der Waals surface area contributed by atoms with Gasteiger partial charge in [-0.25, -0.2) is 0 Å². The monoisotopic (exact) mass is 370 g/mol. The highest BCUT2D eigenvalue weighted by molar-refractivity contribution is 6.34. The van der Waals surface area contributed by atoms with Crippen molar-refractivity contribution in [2.24, 2.45) is 0 Å². The Morgan fingerprint density at radius 3 is 2.71 bits per heavy atom. The van der Waals surface area contributed by atoms with Crippen LogP contribution in [0, 0.1) is 0 Å². The number of halogens is 2. The SMILES string of the molecule is COc1cccc(C[NH+](C)C[C@@H](O)COc2cc(Cl)ccc2Cl)c1. The molecule has 2 aromatic rings. The predicted octanol–water partition coefficient (Wildman–Crippen LogP) is 2.46. The fraction of sp³-hybridized carbons (Fsp3) is 0.333. The first-order chi connectivity index (χ1) is 11.5. The number of aliphatic hydroxyl groups is 1. The van der Waals surface area contributed by atoms with Crippen molar-refractivity contribution in [3.63, 3.8) is 0 Å². The van der Waals surface area contributed by atoms with Gasteiger partial charge in [-0.15, -0.1) is 0 Å². The van der Waals surface area contributed by atoms with Crippen molar-refractivity contribution >= 4 is 23.2 Å². The van der Waals surface area contributed by atoms with Crippen molar-refractivity contribution in [3.05, 3.63) is 58.1 Å². The standard InChI is InChI=1S/C18H21Cl2NO3/c1-21(10-13-4-3-5-16(8-13)23-2)11-15(22)12-24-18-9-14(19)6-7-17(18)20/h3-9,15,22H,10-12H2,1-2H3/p+1/t15-/m1/s1. The Hall–Kier alpha value is -1.46. The van der Waals surface area contributed by atoms with Gasteiger partial charge in [-0.1, -0.05) is 35.3 Å². The summed E-state index contributed by atoms with van der Waals surface area (Å²) in [5, 5.41) is 11.2. The molecule has 130 valence electrons. The molecule has 0 saturated heterocycles. The fourth-order valence-corrected chi connectivity index (χ4v) is 2.77. The van der Waals surface area contributed by atoms with Gasteiger partial charge in [0.1, 0.15) is 37.3 Å². The topological polar surface area (TPSA) is 43.1 Å². The molecular weight excluding hydrogens is 349 g/mol. The second kappa shape index (κ2) is 9.14. The number of quaternary nitrogens is 1. The van der Waals surface area contributed by atoms with E-state index in [2.05, 4.69) is 0 Å². The number of hydrogen-bond donors (Lipinski definition) is 2. The Morgan fingerprint density at radius 1 is 1.17 bits per heavy atom. The molecule has 2 N–H and O–H groups in total. The molecule has 0 amide bonds. The van der Waals surface area contributed by atoms with Gasteiger partial charge in [0.15, 0.2) is 0 Å². The third kappa shape index (κ3) is 5.87. The van der Waals surface area contributed by atoms with Crippen LogP contribution in [0.1, 0.15) is 5.56 Å². The van der Waals surface area contributed by atoms with E-state index >= 15 is 0 Å². The number of benzene rings is 2. The van der Waals surface area contributed by atoms with Crippen molar-refractivity contribution in [1.82, 2.24) is 0 Å². The lowest BCUT2D eigenvalue weighted by Gasteiger charge is -2.19. The molecule has 6 heteroatoms. The molecule has 4 nitrogen and oxygen atoms in total. The van der Waals surface area contributed by atoms with Gasteiger partial charge < -0.3 is 19.5 Å². The van der Waals surface area contributed by atoms with Crippen molar-refractivity contribution in [2.75, 3.05) is 27.3 Å². The summed E-state index contributed by atoms with van der Waals surface area (Å²) in [6.07, 6.45) is -0.606. The van der Waals surface area contributed by atoms with E-state index in [1.165, 1.54) is 0 Å². The lowest BCUT2D eigenvalue weighted by molar-refractivity contribution is -0.897. The Kier molecular flexibility index (Phi) is 7.18. The third-order valence-corrected chi connectivity index (χ3v) is 4.10. The maximum absolute atomic E-state index is 10.2. The van der Waals surface area contributed by atoms with E-state index in [1.54, 1.807) is 25.3 Å². The second-order valence-electron chi connectivity index (χ2n) is 5.73. The summed E-state index contributed by atoms with van der Waals surface area (Å²) in [5.74, 6) is 1.31. The number of ether oxygens (including phenoxy) is 2. The number of hydrogen-bond acceptors (Lipinski definition) is 3. The van der Waals surface area contributed by atoms with E-state index < -0.39 is 6.10 Å². The number of nitrogens with one attached hydrogen (secondary N) is 1. The highest BCUT2D eigenvalue weighted by Gasteiger charge is 2.14. The zero-order valence-electron chi connectivity index (χ0n) is 13.8. The summed E-state index contributed by atoms with van der Waals surface area (Å²) < 4.78 is 10.8. The summed E-state index contributed by atoms with van der Waals surface area (Å²) in [4.78, 5) is 1.16. The molecule has 0 aliphatic carbocycles. The number of methoxy groups -OCH3 is 1. The summed E-state index contributed by atoms with van der Waals surface area (Å²) in [6.45, 7) is 1.50. The van der Waals surface area contributed by atoms with Crippen LogP contribution in [0.15, 0.2) is 42.5 Å². The molecule has 2 atom stereocenters. The van der Waals surface area contributed by atoms with E-state index in [0.29, 0.717) is 22.3 Å². The van der Waals surface area contributed by atoms with Gasteiger partial charge in [-0.3, -0.25) is 0 Å². The molecule has 1 unspecified atom stereocenters. The van der Waals surface area contributed by atoms with Crippen LogP contribution in [-0.2, 0) is 6.54 Å². The molecule has 0 saturated carbocycles. The van der Waals surface area contributed by atoms with Crippen LogP contribution >= 0.6 is 23.2 Å². The molecule has 2 rings (SSSR count). The van der Waals surface area contributed by atoms with Crippen LogP contribution in [0.2, 0.25) is 10.0 Å². The highest BCUT2D eigenvalue weighted by Crippen LogP contribution is 2.27. The molecule has 0 radical (unpaired) electrons. The van der Waals surface area contributed by atoms with E-state index in [9.17, 15) is 5.11 Å². The van der Waals surface area contributed by atoms with Crippen molar-refractivity contribution in [1.29, 1.82) is 0 Å². The Morgan fingerprint density at radius 2 is 1.96 bits per heavy atom. The first-order valence-electron chi connectivity index (χ1n) is 7.68. The van der Waals surface area contributed by atoms with Crippen LogP contribution in [0.4, 0.5) is 0 Å². The van der Waals surface area contributed by atoms with Crippen LogP contribution in [0.3, 0.4) is 0 Å². The molecular formula is C18H22Cl2NO3+. The Labute approximate surface area is 152 Å². The average molecular weight is 371 g/mol. The lowest BCUT2D eigenvalue weighted by Crippen LogP contribution is -3.09. The van der Waals surface area contributed by atoms with Crippen LogP contribution in [0.25, 0.3) is 0 Å². The smallest absolute Gasteiger partial charge is 0.139 e. The van der Waals surface area contributed by atoms with E-state index in [0.717, 1.165) is 22.8 Å². The maximum atomic E-state index is 10.2. The van der Waals surface area contributed by atoms with E-state index in [-0.39, 0.29) is 6.61 Å². The zero-order chi connectivity index (χ0) is 17.5. The molecule has 0 aliphatic rings. The van der Waals surface area contributed by atoms with Gasteiger partial charge in [-0.05, 0) is 24.3 Å². The highest BCUT2D eigenvalue weighted by atomic mass is 35.5. The third-order valence-electron chi connectivity index (χ3n) is 3.55. The zero-order valence-corrected chi connectivity index (χ0v) is 15.3. The van der Waals surface area contributed by atoms with Gasteiger partial charge in [0.25, 0.3) is 0 Å². The molecule has 0 bridgehead atoms. The molecule has 0 spiro atoms.